The summed E-state index contributed by atoms with van der Waals surface area (Å²) in [5.74, 6) is 0.123. The molecule has 0 fully saturated rings. The molecule has 0 aliphatic carbocycles. The smallest absolute Gasteiger partial charge is 0.167 e. The molecule has 1 heterocycles. The lowest BCUT2D eigenvalue weighted by Crippen LogP contribution is -2.10. The normalized spacial score (nSPS) is 10.7. The molecule has 0 aliphatic heterocycles. The zero-order chi connectivity index (χ0) is 13.1. The molecule has 2 aromatic rings. The molecule has 2 heteroatoms. The van der Waals surface area contributed by atoms with Gasteiger partial charge in [-0.3, -0.25) is 9.78 Å². The lowest BCUT2D eigenvalue weighted by molar-refractivity contribution is 0.0940. The summed E-state index contributed by atoms with van der Waals surface area (Å²) >= 11 is 0. The quantitative estimate of drug-likeness (QED) is 0.760. The zero-order valence-electron chi connectivity index (χ0n) is 11.0. The Morgan fingerprint density at radius 2 is 1.72 bits per heavy atom. The summed E-state index contributed by atoms with van der Waals surface area (Å²) in [4.78, 5) is 16.7. The fraction of sp³-hybridized carbons (Fsp3) is 0.250. The summed E-state index contributed by atoms with van der Waals surface area (Å²) in [6.45, 7) is 5.77. The molecule has 0 radical (unpaired) electrons. The predicted molar refractivity (Wildman–Crippen MR) is 73.6 cm³/mol. The number of hydrogen-bond donors (Lipinski definition) is 0. The maximum absolute atomic E-state index is 12.2. The maximum Gasteiger partial charge on any atom is 0.167 e. The van der Waals surface area contributed by atoms with Crippen molar-refractivity contribution in [1.82, 2.24) is 4.98 Å². The Kier molecular flexibility index (Phi) is 3.56. The molecule has 0 aliphatic rings. The van der Waals surface area contributed by atoms with Crippen molar-refractivity contribution in [1.29, 1.82) is 0 Å². The van der Waals surface area contributed by atoms with E-state index >= 15 is 0 Å². The van der Waals surface area contributed by atoms with Crippen molar-refractivity contribution < 1.29 is 4.79 Å². The number of aromatic nitrogens is 1. The van der Waals surface area contributed by atoms with E-state index in [2.05, 4.69) is 4.98 Å². The number of hydrogen-bond acceptors (Lipinski definition) is 2. The van der Waals surface area contributed by atoms with Crippen LogP contribution in [0.25, 0.3) is 11.3 Å². The lowest BCUT2D eigenvalue weighted by Gasteiger charge is -2.11. The molecule has 0 saturated carbocycles. The molecular weight excluding hydrogens is 222 g/mol. The number of ketones is 1. The van der Waals surface area contributed by atoms with Crippen molar-refractivity contribution >= 4 is 5.78 Å². The van der Waals surface area contributed by atoms with Gasteiger partial charge in [-0.25, -0.2) is 0 Å². The number of carbonyl (C=O) groups excluding carboxylic acids is 1. The van der Waals surface area contributed by atoms with Gasteiger partial charge in [0.1, 0.15) is 0 Å². The molecule has 0 N–H and O–H groups in total. The molecule has 0 bridgehead atoms. The minimum absolute atomic E-state index is 0.0167. The van der Waals surface area contributed by atoms with Crippen LogP contribution in [0.4, 0.5) is 0 Å². The second kappa shape index (κ2) is 5.13. The molecule has 0 saturated heterocycles. The molecule has 0 spiro atoms. The first-order chi connectivity index (χ1) is 8.59. The van der Waals surface area contributed by atoms with Crippen LogP contribution in [0.2, 0.25) is 0 Å². The summed E-state index contributed by atoms with van der Waals surface area (Å²) in [6.07, 6.45) is 0. The van der Waals surface area contributed by atoms with Crippen molar-refractivity contribution in [3.8, 4) is 11.3 Å². The highest BCUT2D eigenvalue weighted by molar-refractivity contribution is 6.02. The SMILES string of the molecule is Cc1ccc(C(=O)C(C)C)c(-c2ccccc2)n1. The van der Waals surface area contributed by atoms with Crippen molar-refractivity contribution in [2.24, 2.45) is 5.92 Å². The van der Waals surface area contributed by atoms with Crippen LogP contribution in [0, 0.1) is 12.8 Å². The molecular formula is C16H17NO. The molecule has 0 unspecified atom stereocenters. The Morgan fingerprint density at radius 1 is 1.06 bits per heavy atom. The average molecular weight is 239 g/mol. The minimum atomic E-state index is -0.0167. The zero-order valence-corrected chi connectivity index (χ0v) is 11.0. The Morgan fingerprint density at radius 3 is 2.33 bits per heavy atom. The van der Waals surface area contributed by atoms with Gasteiger partial charge in [-0.05, 0) is 19.1 Å². The van der Waals surface area contributed by atoms with Gasteiger partial charge in [0, 0.05) is 22.7 Å². The van der Waals surface area contributed by atoms with Crippen molar-refractivity contribution in [3.05, 3.63) is 53.7 Å². The number of pyridine rings is 1. The van der Waals surface area contributed by atoms with E-state index in [1.807, 2.05) is 63.2 Å². The molecule has 1 aromatic heterocycles. The van der Waals surface area contributed by atoms with Crippen LogP contribution in [-0.2, 0) is 0 Å². The number of nitrogens with zero attached hydrogens (tertiary/aromatic N) is 1. The van der Waals surface area contributed by atoms with Crippen LogP contribution < -0.4 is 0 Å². The molecule has 2 rings (SSSR count). The lowest BCUT2D eigenvalue weighted by atomic mass is 9.96. The number of aryl methyl sites for hydroxylation is 1. The Labute approximate surface area is 108 Å². The van der Waals surface area contributed by atoms with Gasteiger partial charge < -0.3 is 0 Å². The third-order valence-electron chi connectivity index (χ3n) is 2.87. The van der Waals surface area contributed by atoms with E-state index in [1.54, 1.807) is 0 Å². The summed E-state index contributed by atoms with van der Waals surface area (Å²) in [5, 5.41) is 0. The van der Waals surface area contributed by atoms with Gasteiger partial charge in [-0.2, -0.15) is 0 Å². The van der Waals surface area contributed by atoms with Crippen molar-refractivity contribution in [2.75, 3.05) is 0 Å². The summed E-state index contributed by atoms with van der Waals surface area (Å²) in [7, 11) is 0. The number of carbonyl (C=O) groups is 1. The van der Waals surface area contributed by atoms with E-state index in [1.165, 1.54) is 0 Å². The van der Waals surface area contributed by atoms with Gasteiger partial charge >= 0.3 is 0 Å². The molecule has 0 atom stereocenters. The maximum atomic E-state index is 12.2. The van der Waals surface area contributed by atoms with Gasteiger partial charge in [0.05, 0.1) is 5.69 Å². The van der Waals surface area contributed by atoms with Crippen LogP contribution in [0.3, 0.4) is 0 Å². The van der Waals surface area contributed by atoms with E-state index in [0.29, 0.717) is 5.56 Å². The molecule has 0 amide bonds. The summed E-state index contributed by atoms with van der Waals surface area (Å²) in [5.41, 5.74) is 3.41. The highest BCUT2D eigenvalue weighted by atomic mass is 16.1. The highest BCUT2D eigenvalue weighted by Crippen LogP contribution is 2.24. The Hall–Kier alpha value is -1.96. The van der Waals surface area contributed by atoms with Gasteiger partial charge in [-0.1, -0.05) is 44.2 Å². The van der Waals surface area contributed by atoms with Gasteiger partial charge in [0.15, 0.2) is 5.78 Å². The first kappa shape index (κ1) is 12.5. The molecule has 2 nitrogen and oxygen atoms in total. The monoisotopic (exact) mass is 239 g/mol. The van der Waals surface area contributed by atoms with Crippen LogP contribution in [0.5, 0.6) is 0 Å². The van der Waals surface area contributed by atoms with E-state index < -0.39 is 0 Å². The number of rotatable bonds is 3. The third-order valence-corrected chi connectivity index (χ3v) is 2.87. The predicted octanol–water partition coefficient (Wildman–Crippen LogP) is 3.90. The standard InChI is InChI=1S/C16H17NO/c1-11(2)16(18)14-10-9-12(3)17-15(14)13-7-5-4-6-8-13/h4-11H,1-3H3. The largest absolute Gasteiger partial charge is 0.294 e. The average Bonchev–Trinajstić information content (AvgIpc) is 2.39. The van der Waals surface area contributed by atoms with E-state index in [9.17, 15) is 4.79 Å². The van der Waals surface area contributed by atoms with Gasteiger partial charge in [-0.15, -0.1) is 0 Å². The summed E-state index contributed by atoms with van der Waals surface area (Å²) in [6, 6.07) is 13.6. The number of benzene rings is 1. The van der Waals surface area contributed by atoms with Crippen LogP contribution in [0.15, 0.2) is 42.5 Å². The fourth-order valence-electron chi connectivity index (χ4n) is 1.88. The molecule has 92 valence electrons. The minimum Gasteiger partial charge on any atom is -0.294 e. The topological polar surface area (TPSA) is 30.0 Å². The fourth-order valence-corrected chi connectivity index (χ4v) is 1.88. The van der Waals surface area contributed by atoms with E-state index in [0.717, 1.165) is 17.0 Å². The third kappa shape index (κ3) is 2.48. The Balaban J connectivity index is 2.58. The van der Waals surface area contributed by atoms with E-state index in [-0.39, 0.29) is 11.7 Å². The Bertz CT molecular complexity index is 559. The number of Topliss-reactive ketones (excluding diaryl/α,β-unsaturated/α-hetero) is 1. The second-order valence-electron chi connectivity index (χ2n) is 4.73. The van der Waals surface area contributed by atoms with Crippen molar-refractivity contribution in [3.63, 3.8) is 0 Å². The molecule has 1 aromatic carbocycles. The van der Waals surface area contributed by atoms with Crippen molar-refractivity contribution in [2.45, 2.75) is 20.8 Å². The van der Waals surface area contributed by atoms with Crippen LogP contribution >= 0.6 is 0 Å². The first-order valence-electron chi connectivity index (χ1n) is 6.17. The van der Waals surface area contributed by atoms with Crippen LogP contribution in [0.1, 0.15) is 29.9 Å². The van der Waals surface area contributed by atoms with E-state index in [4.69, 9.17) is 0 Å². The van der Waals surface area contributed by atoms with Gasteiger partial charge in [0.25, 0.3) is 0 Å². The highest BCUT2D eigenvalue weighted by Gasteiger charge is 2.16. The second-order valence-corrected chi connectivity index (χ2v) is 4.73. The first-order valence-corrected chi connectivity index (χ1v) is 6.17. The van der Waals surface area contributed by atoms with Gasteiger partial charge in [0.2, 0.25) is 0 Å². The summed E-state index contributed by atoms with van der Waals surface area (Å²) < 4.78 is 0. The molecule has 18 heavy (non-hydrogen) atoms. The van der Waals surface area contributed by atoms with Crippen LogP contribution in [-0.4, -0.2) is 10.8 Å².